The van der Waals surface area contributed by atoms with E-state index in [1.807, 2.05) is 59.2 Å². The molecular formula is C17H28BN3O4. The van der Waals surface area contributed by atoms with Crippen LogP contribution in [0.5, 0.6) is 0 Å². The van der Waals surface area contributed by atoms with Crippen LogP contribution < -0.4 is 5.59 Å². The maximum absolute atomic E-state index is 12.3. The van der Waals surface area contributed by atoms with Crippen LogP contribution in [-0.2, 0) is 27.1 Å². The first-order chi connectivity index (χ1) is 11.4. The number of fused-ring (bicyclic) bond motifs is 1. The van der Waals surface area contributed by atoms with E-state index in [9.17, 15) is 4.79 Å². The normalized spacial score (nSPS) is 22.0. The van der Waals surface area contributed by atoms with Crippen LogP contribution in [0, 0.1) is 0 Å². The van der Waals surface area contributed by atoms with Gasteiger partial charge in [0.05, 0.1) is 35.6 Å². The van der Waals surface area contributed by atoms with Gasteiger partial charge in [-0.15, -0.1) is 0 Å². The number of carbonyl (C=O) groups is 1. The molecule has 0 N–H and O–H groups in total. The maximum atomic E-state index is 12.3. The summed E-state index contributed by atoms with van der Waals surface area (Å²) in [5.74, 6) is 0. The molecule has 138 valence electrons. The lowest BCUT2D eigenvalue weighted by molar-refractivity contribution is 0.00578. The Morgan fingerprint density at radius 2 is 1.80 bits per heavy atom. The van der Waals surface area contributed by atoms with Crippen LogP contribution >= 0.6 is 0 Å². The third kappa shape index (κ3) is 3.55. The highest BCUT2D eigenvalue weighted by molar-refractivity contribution is 6.61. The number of hydrogen-bond acceptors (Lipinski definition) is 5. The molecule has 0 bridgehead atoms. The summed E-state index contributed by atoms with van der Waals surface area (Å²) in [6.45, 7) is 15.4. The number of carbonyl (C=O) groups excluding carboxylic acids is 1. The molecule has 2 aliphatic rings. The Morgan fingerprint density at radius 3 is 2.36 bits per heavy atom. The summed E-state index contributed by atoms with van der Waals surface area (Å²) in [5, 5.41) is 4.62. The predicted octanol–water partition coefficient (Wildman–Crippen LogP) is 1.93. The molecule has 2 aliphatic heterocycles. The number of nitrogens with zero attached hydrogens (tertiary/aromatic N) is 3. The van der Waals surface area contributed by atoms with Crippen molar-refractivity contribution in [2.24, 2.45) is 0 Å². The van der Waals surface area contributed by atoms with Gasteiger partial charge in [-0.1, -0.05) is 0 Å². The molecule has 1 aromatic heterocycles. The minimum atomic E-state index is -0.497. The summed E-state index contributed by atoms with van der Waals surface area (Å²) in [5.41, 5.74) is 0.415. The van der Waals surface area contributed by atoms with Gasteiger partial charge in [0.1, 0.15) is 5.60 Å². The molecule has 0 aromatic carbocycles. The molecule has 0 radical (unpaired) electrons. The third-order valence-electron chi connectivity index (χ3n) is 4.96. The lowest BCUT2D eigenvalue weighted by Crippen LogP contribution is -2.41. The quantitative estimate of drug-likeness (QED) is 0.725. The summed E-state index contributed by atoms with van der Waals surface area (Å²) >= 11 is 0. The zero-order valence-electron chi connectivity index (χ0n) is 16.3. The average molecular weight is 349 g/mol. The molecule has 1 fully saturated rings. The Bertz CT molecular complexity index is 662. The molecule has 0 aliphatic carbocycles. The summed E-state index contributed by atoms with van der Waals surface area (Å²) < 4.78 is 19.5. The van der Waals surface area contributed by atoms with Crippen molar-refractivity contribution >= 4 is 18.8 Å². The Morgan fingerprint density at radius 1 is 1.20 bits per heavy atom. The van der Waals surface area contributed by atoms with E-state index in [0.717, 1.165) is 11.3 Å². The average Bonchev–Trinajstić information content (AvgIpc) is 2.95. The first-order valence-electron chi connectivity index (χ1n) is 8.78. The van der Waals surface area contributed by atoms with Gasteiger partial charge in [-0.3, -0.25) is 4.68 Å². The molecule has 0 spiro atoms. The minimum absolute atomic E-state index is 0.294. The van der Waals surface area contributed by atoms with Gasteiger partial charge in [0.15, 0.2) is 0 Å². The fraction of sp³-hybridized carbons (Fsp3) is 0.765. The third-order valence-corrected chi connectivity index (χ3v) is 4.96. The maximum Gasteiger partial charge on any atom is 0.516 e. The van der Waals surface area contributed by atoms with Crippen molar-refractivity contribution in [3.05, 3.63) is 11.8 Å². The van der Waals surface area contributed by atoms with E-state index in [1.54, 1.807) is 4.90 Å². The fourth-order valence-corrected chi connectivity index (χ4v) is 2.85. The Labute approximate surface area is 149 Å². The van der Waals surface area contributed by atoms with Crippen molar-refractivity contribution in [2.45, 2.75) is 78.4 Å². The van der Waals surface area contributed by atoms with Crippen LogP contribution in [0.25, 0.3) is 0 Å². The van der Waals surface area contributed by atoms with Gasteiger partial charge in [-0.2, -0.15) is 5.10 Å². The molecule has 1 saturated heterocycles. The Hall–Kier alpha value is -1.54. The molecule has 1 amide bonds. The Kier molecular flexibility index (Phi) is 4.19. The second kappa shape index (κ2) is 5.74. The van der Waals surface area contributed by atoms with Crippen molar-refractivity contribution in [2.75, 3.05) is 6.54 Å². The number of aromatic nitrogens is 2. The van der Waals surface area contributed by atoms with E-state index in [4.69, 9.17) is 14.0 Å². The molecule has 3 rings (SSSR count). The number of rotatable bonds is 1. The van der Waals surface area contributed by atoms with Crippen LogP contribution in [0.15, 0.2) is 6.07 Å². The van der Waals surface area contributed by atoms with E-state index in [2.05, 4.69) is 5.10 Å². The molecule has 25 heavy (non-hydrogen) atoms. The first kappa shape index (κ1) is 18.3. The predicted molar refractivity (Wildman–Crippen MR) is 94.6 cm³/mol. The highest BCUT2D eigenvalue weighted by Gasteiger charge is 2.52. The highest BCUT2D eigenvalue weighted by Crippen LogP contribution is 2.36. The van der Waals surface area contributed by atoms with Gasteiger partial charge in [-0.05, 0) is 54.5 Å². The van der Waals surface area contributed by atoms with Crippen molar-refractivity contribution < 1.29 is 18.8 Å². The number of ether oxygens (including phenoxy) is 1. The molecule has 0 unspecified atom stereocenters. The molecule has 7 nitrogen and oxygen atoms in total. The van der Waals surface area contributed by atoms with Crippen LogP contribution in [0.4, 0.5) is 4.79 Å². The largest absolute Gasteiger partial charge is 0.516 e. The van der Waals surface area contributed by atoms with Gasteiger partial charge in [0.25, 0.3) is 0 Å². The van der Waals surface area contributed by atoms with Gasteiger partial charge in [0.2, 0.25) is 0 Å². The number of hydrogen-bond donors (Lipinski definition) is 0. The highest BCUT2D eigenvalue weighted by atomic mass is 16.7. The van der Waals surface area contributed by atoms with E-state index >= 15 is 0 Å². The topological polar surface area (TPSA) is 65.8 Å². The fourth-order valence-electron chi connectivity index (χ4n) is 2.85. The molecule has 3 heterocycles. The van der Waals surface area contributed by atoms with E-state index in [0.29, 0.717) is 19.6 Å². The van der Waals surface area contributed by atoms with Crippen LogP contribution in [-0.4, -0.2) is 51.2 Å². The molecular weight excluding hydrogens is 321 g/mol. The zero-order chi connectivity index (χ0) is 18.6. The second-order valence-electron chi connectivity index (χ2n) is 8.77. The summed E-state index contributed by atoms with van der Waals surface area (Å²) in [6, 6.07) is 1.96. The molecule has 0 atom stereocenters. The van der Waals surface area contributed by atoms with E-state index in [-0.39, 0.29) is 6.09 Å². The summed E-state index contributed by atoms with van der Waals surface area (Å²) in [6.07, 6.45) is -0.294. The van der Waals surface area contributed by atoms with Crippen LogP contribution in [0.1, 0.15) is 54.2 Å². The van der Waals surface area contributed by atoms with E-state index < -0.39 is 23.9 Å². The Balaban J connectivity index is 1.73. The van der Waals surface area contributed by atoms with Gasteiger partial charge < -0.3 is 18.9 Å². The smallest absolute Gasteiger partial charge is 0.444 e. The monoisotopic (exact) mass is 349 g/mol. The van der Waals surface area contributed by atoms with Crippen molar-refractivity contribution in [1.29, 1.82) is 0 Å². The SMILES string of the molecule is CC(C)(C)OC(=O)N1CCn2nc(B3OC(C)(C)C(C)(C)O3)cc2C1. The van der Waals surface area contributed by atoms with Crippen molar-refractivity contribution in [3.63, 3.8) is 0 Å². The number of amides is 1. The second-order valence-corrected chi connectivity index (χ2v) is 8.77. The van der Waals surface area contributed by atoms with Gasteiger partial charge in [0, 0.05) is 6.54 Å². The van der Waals surface area contributed by atoms with Crippen LogP contribution in [0.3, 0.4) is 0 Å². The standard InChI is InChI=1S/C17H28BN3O4/c1-15(2,3)23-14(22)20-8-9-21-12(11-20)10-13(19-21)18-24-16(4,5)17(6,7)25-18/h10H,8-9,11H2,1-7H3. The zero-order valence-corrected chi connectivity index (χ0v) is 16.3. The van der Waals surface area contributed by atoms with E-state index in [1.165, 1.54) is 0 Å². The van der Waals surface area contributed by atoms with Crippen molar-refractivity contribution in [3.8, 4) is 0 Å². The molecule has 1 aromatic rings. The first-order valence-corrected chi connectivity index (χ1v) is 8.78. The lowest BCUT2D eigenvalue weighted by Gasteiger charge is -2.32. The minimum Gasteiger partial charge on any atom is -0.444 e. The summed E-state index contributed by atoms with van der Waals surface area (Å²) in [4.78, 5) is 14.0. The van der Waals surface area contributed by atoms with Gasteiger partial charge in [-0.25, -0.2) is 4.79 Å². The van der Waals surface area contributed by atoms with Crippen LogP contribution in [0.2, 0.25) is 0 Å². The van der Waals surface area contributed by atoms with Gasteiger partial charge >= 0.3 is 13.2 Å². The summed E-state index contributed by atoms with van der Waals surface area (Å²) in [7, 11) is -0.488. The molecule has 8 heteroatoms. The molecule has 0 saturated carbocycles. The lowest BCUT2D eigenvalue weighted by atomic mass is 9.85. The van der Waals surface area contributed by atoms with Crippen molar-refractivity contribution in [1.82, 2.24) is 14.7 Å².